The number of likely N-dealkylation sites (tertiary alicyclic amines) is 1. The van der Waals surface area contributed by atoms with Crippen molar-refractivity contribution in [2.45, 2.75) is 25.4 Å². The fourth-order valence-electron chi connectivity index (χ4n) is 2.94. The van der Waals surface area contributed by atoms with Gasteiger partial charge in [0.25, 0.3) is 0 Å². The minimum absolute atomic E-state index is 0.633. The first-order valence-corrected chi connectivity index (χ1v) is 8.46. The van der Waals surface area contributed by atoms with Gasteiger partial charge in [-0.05, 0) is 31.5 Å². The Morgan fingerprint density at radius 2 is 2.33 bits per heavy atom. The highest BCUT2D eigenvalue weighted by molar-refractivity contribution is 7.18. The van der Waals surface area contributed by atoms with Crippen LogP contribution in [0.2, 0.25) is 0 Å². The zero-order chi connectivity index (χ0) is 14.5. The van der Waals surface area contributed by atoms with Crippen molar-refractivity contribution in [1.82, 2.24) is 15.2 Å². The van der Waals surface area contributed by atoms with Crippen molar-refractivity contribution in [2.24, 2.45) is 0 Å². The zero-order valence-corrected chi connectivity index (χ0v) is 13.4. The molecule has 0 saturated carbocycles. The molecule has 1 unspecified atom stereocenters. The molecule has 1 saturated heterocycles. The number of hydrogen-bond donors (Lipinski definition) is 1. The average molecular weight is 305 g/mol. The summed E-state index contributed by atoms with van der Waals surface area (Å²) in [6.45, 7) is 4.93. The smallest absolute Gasteiger partial charge is 0.108 e. The van der Waals surface area contributed by atoms with Crippen LogP contribution in [0.3, 0.4) is 0 Å². The number of ether oxygens (including phenoxy) is 1. The third-order valence-corrected chi connectivity index (χ3v) is 5.06. The second-order valence-corrected chi connectivity index (χ2v) is 6.65. The number of para-hydroxylation sites is 1. The molecule has 0 amide bonds. The Labute approximate surface area is 130 Å². The Hall–Kier alpha value is -1.01. The van der Waals surface area contributed by atoms with E-state index < -0.39 is 0 Å². The predicted molar refractivity (Wildman–Crippen MR) is 87.8 cm³/mol. The maximum absolute atomic E-state index is 5.08. The molecule has 0 radical (unpaired) electrons. The van der Waals surface area contributed by atoms with E-state index in [9.17, 15) is 0 Å². The van der Waals surface area contributed by atoms with Gasteiger partial charge in [0.1, 0.15) is 5.01 Å². The molecular weight excluding hydrogens is 282 g/mol. The number of methoxy groups -OCH3 is 1. The molecule has 114 valence electrons. The molecule has 1 aliphatic rings. The molecule has 0 spiro atoms. The van der Waals surface area contributed by atoms with E-state index in [2.05, 4.69) is 34.5 Å². The van der Waals surface area contributed by atoms with Gasteiger partial charge in [0.15, 0.2) is 0 Å². The van der Waals surface area contributed by atoms with Crippen LogP contribution >= 0.6 is 11.3 Å². The maximum atomic E-state index is 5.08. The summed E-state index contributed by atoms with van der Waals surface area (Å²) in [7, 11) is 1.75. The highest BCUT2D eigenvalue weighted by Gasteiger charge is 2.24. The van der Waals surface area contributed by atoms with Gasteiger partial charge in [-0.25, -0.2) is 4.98 Å². The van der Waals surface area contributed by atoms with Crippen LogP contribution in [0.4, 0.5) is 0 Å². The summed E-state index contributed by atoms with van der Waals surface area (Å²) in [4.78, 5) is 7.32. The molecule has 2 heterocycles. The Bertz CT molecular complexity index is 538. The predicted octanol–water partition coefficient (Wildman–Crippen LogP) is 2.50. The minimum atomic E-state index is 0.633. The van der Waals surface area contributed by atoms with Gasteiger partial charge < -0.3 is 10.1 Å². The van der Waals surface area contributed by atoms with Crippen LogP contribution < -0.4 is 5.32 Å². The Balaban J connectivity index is 1.57. The summed E-state index contributed by atoms with van der Waals surface area (Å²) in [5.74, 6) is 0. The first kappa shape index (κ1) is 14.9. The van der Waals surface area contributed by atoms with Gasteiger partial charge >= 0.3 is 0 Å². The molecule has 1 N–H and O–H groups in total. The highest BCUT2D eigenvalue weighted by Crippen LogP contribution is 2.25. The molecule has 1 fully saturated rings. The average Bonchev–Trinajstić information content (AvgIpc) is 3.10. The van der Waals surface area contributed by atoms with Crippen LogP contribution in [0.15, 0.2) is 24.3 Å². The third-order valence-electron chi connectivity index (χ3n) is 4.04. The molecule has 3 rings (SSSR count). The molecule has 5 heteroatoms. The molecule has 21 heavy (non-hydrogen) atoms. The topological polar surface area (TPSA) is 37.4 Å². The summed E-state index contributed by atoms with van der Waals surface area (Å²) in [6, 6.07) is 9.04. The SMILES string of the molecule is COCCNCC1CCCN1Cc1nc2ccccc2s1. The Morgan fingerprint density at radius 3 is 3.19 bits per heavy atom. The summed E-state index contributed by atoms with van der Waals surface area (Å²) >= 11 is 1.82. The van der Waals surface area contributed by atoms with Crippen molar-refractivity contribution in [3.05, 3.63) is 29.3 Å². The van der Waals surface area contributed by atoms with Crippen LogP contribution in [0, 0.1) is 0 Å². The quantitative estimate of drug-likeness (QED) is 0.798. The standard InChI is InChI=1S/C16H23N3OS/c1-20-10-8-17-11-13-5-4-9-19(13)12-16-18-14-6-2-3-7-15(14)21-16/h2-3,6-7,13,17H,4-5,8-12H2,1H3. The van der Waals surface area contributed by atoms with Gasteiger partial charge in [-0.3, -0.25) is 4.90 Å². The lowest BCUT2D eigenvalue weighted by atomic mass is 10.2. The van der Waals surface area contributed by atoms with Crippen molar-refractivity contribution >= 4 is 21.6 Å². The molecule has 0 bridgehead atoms. The van der Waals surface area contributed by atoms with E-state index in [0.29, 0.717) is 6.04 Å². The first-order chi connectivity index (χ1) is 10.4. The number of hydrogen-bond acceptors (Lipinski definition) is 5. The van der Waals surface area contributed by atoms with Gasteiger partial charge in [-0.2, -0.15) is 0 Å². The number of aromatic nitrogens is 1. The molecule has 1 aromatic heterocycles. The fourth-order valence-corrected chi connectivity index (χ4v) is 3.93. The van der Waals surface area contributed by atoms with E-state index in [1.807, 2.05) is 11.3 Å². The summed E-state index contributed by atoms with van der Waals surface area (Å²) in [5.41, 5.74) is 1.13. The van der Waals surface area contributed by atoms with Crippen LogP contribution in [0.5, 0.6) is 0 Å². The Morgan fingerprint density at radius 1 is 1.43 bits per heavy atom. The third kappa shape index (κ3) is 3.80. The normalized spacial score (nSPS) is 19.6. The van der Waals surface area contributed by atoms with Crippen LogP contribution in [0.1, 0.15) is 17.8 Å². The van der Waals surface area contributed by atoms with Gasteiger partial charge in [0.05, 0.1) is 23.4 Å². The summed E-state index contributed by atoms with van der Waals surface area (Å²) in [5, 5.41) is 4.72. The monoisotopic (exact) mass is 305 g/mol. The van der Waals surface area contributed by atoms with E-state index in [-0.39, 0.29) is 0 Å². The maximum Gasteiger partial charge on any atom is 0.108 e. The van der Waals surface area contributed by atoms with Gasteiger partial charge in [0.2, 0.25) is 0 Å². The van der Waals surface area contributed by atoms with E-state index in [1.54, 1.807) is 7.11 Å². The summed E-state index contributed by atoms with van der Waals surface area (Å²) in [6.07, 6.45) is 2.58. The zero-order valence-electron chi connectivity index (χ0n) is 12.5. The first-order valence-electron chi connectivity index (χ1n) is 7.65. The van der Waals surface area contributed by atoms with Crippen molar-refractivity contribution in [3.63, 3.8) is 0 Å². The largest absolute Gasteiger partial charge is 0.383 e. The van der Waals surface area contributed by atoms with E-state index in [4.69, 9.17) is 9.72 Å². The van der Waals surface area contributed by atoms with Crippen LogP contribution in [0.25, 0.3) is 10.2 Å². The van der Waals surface area contributed by atoms with Gasteiger partial charge in [-0.1, -0.05) is 12.1 Å². The fraction of sp³-hybridized carbons (Fsp3) is 0.562. The molecule has 1 aromatic carbocycles. The molecule has 1 aliphatic heterocycles. The van der Waals surface area contributed by atoms with Crippen molar-refractivity contribution in [2.75, 3.05) is 33.4 Å². The molecule has 4 nitrogen and oxygen atoms in total. The van der Waals surface area contributed by atoms with Gasteiger partial charge in [0, 0.05) is 26.2 Å². The second-order valence-electron chi connectivity index (χ2n) is 5.54. The summed E-state index contributed by atoms with van der Waals surface area (Å²) < 4.78 is 6.37. The lowest BCUT2D eigenvalue weighted by Gasteiger charge is -2.23. The van der Waals surface area contributed by atoms with Crippen LogP contribution in [-0.4, -0.2) is 49.3 Å². The van der Waals surface area contributed by atoms with Crippen molar-refractivity contribution < 1.29 is 4.74 Å². The number of nitrogens with one attached hydrogen (secondary N) is 1. The highest BCUT2D eigenvalue weighted by atomic mass is 32.1. The number of thiazole rings is 1. The van der Waals surface area contributed by atoms with E-state index in [1.165, 1.54) is 29.1 Å². The van der Waals surface area contributed by atoms with Crippen molar-refractivity contribution in [1.29, 1.82) is 0 Å². The van der Waals surface area contributed by atoms with E-state index >= 15 is 0 Å². The molecule has 2 aromatic rings. The lowest BCUT2D eigenvalue weighted by molar-refractivity contribution is 0.191. The lowest BCUT2D eigenvalue weighted by Crippen LogP contribution is -2.38. The van der Waals surface area contributed by atoms with E-state index in [0.717, 1.165) is 31.8 Å². The number of nitrogens with zero attached hydrogens (tertiary/aromatic N) is 2. The molecule has 1 atom stereocenters. The second kappa shape index (κ2) is 7.31. The minimum Gasteiger partial charge on any atom is -0.383 e. The molecule has 0 aliphatic carbocycles. The molecular formula is C16H23N3OS. The number of rotatable bonds is 7. The number of benzene rings is 1. The van der Waals surface area contributed by atoms with Crippen molar-refractivity contribution in [3.8, 4) is 0 Å². The van der Waals surface area contributed by atoms with Gasteiger partial charge in [-0.15, -0.1) is 11.3 Å². The Kier molecular flexibility index (Phi) is 5.19. The number of fused-ring (bicyclic) bond motifs is 1. The van der Waals surface area contributed by atoms with Crippen LogP contribution in [-0.2, 0) is 11.3 Å².